The zero-order valence-electron chi connectivity index (χ0n) is 49.0. The van der Waals surface area contributed by atoms with E-state index < -0.39 is 0 Å². The second-order valence-electron chi connectivity index (χ2n) is 22.6. The highest BCUT2D eigenvalue weighted by atomic mass is 15.0. The van der Waals surface area contributed by atoms with Crippen LogP contribution in [-0.2, 0) is 13.0 Å². The number of rotatable bonds is 7. The molecule has 84 heavy (non-hydrogen) atoms. The van der Waals surface area contributed by atoms with Gasteiger partial charge in [-0.3, -0.25) is 0 Å². The number of nitrogens with zero attached hydrogens (tertiary/aromatic N) is 1. The molecule has 16 rings (SSSR count). The molecule has 11 aromatic rings. The lowest BCUT2D eigenvalue weighted by molar-refractivity contribution is 0.739. The maximum Gasteiger partial charge on any atom is 0.0497 e. The van der Waals surface area contributed by atoms with E-state index in [1.54, 1.807) is 0 Å². The Balaban J connectivity index is 0.000000129. The van der Waals surface area contributed by atoms with E-state index in [0.717, 1.165) is 25.8 Å². The standard InChI is InChI=1S/C40H31N.C24H18.C17H16.C2H6/c1-2-3-4-14-29(31-20-9-15-27-13-5-6-18-30(27)31)26-41-36-24-8-7-19-34(36)40-37(41)25-12-22-33-32-21-10-16-28-17-11-23-35(38(28)32)39(33)40;1-15-7-3-4-10-18(15)19-13-14-21-20-11-5-8-17-9-6-12-22(24(17)20)23(21)16(19)2;1-13-9-11-15(12-10-13)17-8-4-6-14-5-2-3-7-16(14)17;1-2/h2-4,6-12,14-25,33H,1,5,13,26H2;3-14H,1-2H3;2-9,11-13H,10H2,1H3;1-2H3/b4-3-,29-14+;;;. The predicted molar refractivity (Wildman–Crippen MR) is 365 cm³/mol. The molecular weight excluding hydrogens is 1010 g/mol. The van der Waals surface area contributed by atoms with Gasteiger partial charge in [0.05, 0.1) is 0 Å². The molecule has 10 aromatic carbocycles. The zero-order valence-corrected chi connectivity index (χ0v) is 49.0. The smallest absolute Gasteiger partial charge is 0.0497 e. The van der Waals surface area contributed by atoms with Gasteiger partial charge in [0.1, 0.15) is 0 Å². The number of fused-ring (bicyclic) bond motifs is 11. The van der Waals surface area contributed by atoms with Crippen LogP contribution in [0.3, 0.4) is 0 Å². The largest absolute Gasteiger partial charge is 0.336 e. The van der Waals surface area contributed by atoms with Crippen LogP contribution in [0.25, 0.3) is 105 Å². The molecule has 5 aliphatic carbocycles. The van der Waals surface area contributed by atoms with E-state index in [9.17, 15) is 0 Å². The lowest BCUT2D eigenvalue weighted by Gasteiger charge is -2.18. The van der Waals surface area contributed by atoms with Crippen molar-refractivity contribution in [2.45, 2.75) is 66.3 Å². The minimum atomic E-state index is 0.254. The monoisotopic (exact) mass is 1080 g/mol. The molecule has 408 valence electrons. The maximum atomic E-state index is 3.90. The average Bonchev–Trinajstić information content (AvgIpc) is 1.88. The number of allylic oxidation sites excluding steroid dienone is 12. The van der Waals surface area contributed by atoms with Crippen LogP contribution in [0.5, 0.6) is 0 Å². The first-order chi connectivity index (χ1) is 41.4. The number of para-hydroxylation sites is 1. The quantitative estimate of drug-likeness (QED) is 0.140. The van der Waals surface area contributed by atoms with Crippen LogP contribution in [0, 0.1) is 19.8 Å². The average molecular weight is 1080 g/mol. The first-order valence-electron chi connectivity index (χ1n) is 30.3. The summed E-state index contributed by atoms with van der Waals surface area (Å²) in [5, 5.41) is 12.1. The maximum absolute atomic E-state index is 3.90. The Morgan fingerprint density at radius 3 is 2.05 bits per heavy atom. The molecule has 2 atom stereocenters. The summed E-state index contributed by atoms with van der Waals surface area (Å²) in [4.78, 5) is 0. The van der Waals surface area contributed by atoms with Crippen LogP contribution in [0.1, 0.15) is 84.0 Å². The Labute approximate surface area is 496 Å². The lowest BCUT2D eigenvalue weighted by Crippen LogP contribution is -2.31. The first kappa shape index (κ1) is 53.7. The van der Waals surface area contributed by atoms with Crippen LogP contribution in [0.2, 0.25) is 0 Å². The molecular formula is C83H71N. The van der Waals surface area contributed by atoms with Gasteiger partial charge in [-0.05, 0) is 178 Å². The Morgan fingerprint density at radius 1 is 0.583 bits per heavy atom. The van der Waals surface area contributed by atoms with Gasteiger partial charge in [-0.2, -0.15) is 0 Å². The van der Waals surface area contributed by atoms with Crippen molar-refractivity contribution >= 4 is 72.1 Å². The van der Waals surface area contributed by atoms with Crippen LogP contribution < -0.4 is 10.6 Å². The molecule has 5 aliphatic rings. The van der Waals surface area contributed by atoms with Gasteiger partial charge in [0.25, 0.3) is 0 Å². The van der Waals surface area contributed by atoms with E-state index in [1.807, 2.05) is 26.0 Å². The van der Waals surface area contributed by atoms with Gasteiger partial charge in [-0.25, -0.2) is 0 Å². The molecule has 0 bridgehead atoms. The Kier molecular flexibility index (Phi) is 14.9. The molecule has 1 heterocycles. The highest BCUT2D eigenvalue weighted by Crippen LogP contribution is 2.51. The van der Waals surface area contributed by atoms with Gasteiger partial charge in [0, 0.05) is 33.9 Å². The van der Waals surface area contributed by atoms with Crippen molar-refractivity contribution in [3.8, 4) is 33.4 Å². The SMILES string of the molecule is C=C/C=C\C=C(/Cn1c2c(c3ccccc31)=C1c3cccc4cccc(c34)C1C=CC=2)c1cccc2c1C=CCC2.CC.CC1C=CC(c2cccc3ccccc23)=CC1.Cc1ccccc1-c1ccc2c(c1C)-c1cccc3cccc-2c13. The lowest BCUT2D eigenvalue weighted by atomic mass is 9.89. The number of aryl methyl sites for hydroxylation is 2. The van der Waals surface area contributed by atoms with Crippen molar-refractivity contribution in [1.29, 1.82) is 0 Å². The summed E-state index contributed by atoms with van der Waals surface area (Å²) in [5.74, 6) is 0.929. The van der Waals surface area contributed by atoms with Crippen LogP contribution in [0.15, 0.2) is 261 Å². The molecule has 0 aliphatic heterocycles. The third-order valence-electron chi connectivity index (χ3n) is 17.8. The predicted octanol–water partition coefficient (Wildman–Crippen LogP) is 20.8. The van der Waals surface area contributed by atoms with Gasteiger partial charge in [-0.1, -0.05) is 282 Å². The fraction of sp³-hybridized carbons (Fsp3) is 0.133. The van der Waals surface area contributed by atoms with Crippen molar-refractivity contribution in [3.05, 3.63) is 317 Å². The molecule has 0 fully saturated rings. The van der Waals surface area contributed by atoms with Crippen molar-refractivity contribution in [3.63, 3.8) is 0 Å². The Bertz CT molecular complexity index is 4730. The molecule has 0 radical (unpaired) electrons. The first-order valence-corrected chi connectivity index (χ1v) is 30.3. The minimum absolute atomic E-state index is 0.254. The van der Waals surface area contributed by atoms with E-state index in [1.165, 1.54) is 148 Å². The molecule has 1 heteroatoms. The Hall–Kier alpha value is -9.56. The number of aromatic nitrogens is 1. The second kappa shape index (κ2) is 23.4. The molecule has 0 N–H and O–H groups in total. The summed E-state index contributed by atoms with van der Waals surface area (Å²) >= 11 is 0. The van der Waals surface area contributed by atoms with E-state index >= 15 is 0 Å². The van der Waals surface area contributed by atoms with Crippen molar-refractivity contribution < 1.29 is 0 Å². The summed E-state index contributed by atoms with van der Waals surface area (Å²) in [6.07, 6.45) is 30.2. The summed E-state index contributed by atoms with van der Waals surface area (Å²) in [5.41, 5.74) is 24.5. The van der Waals surface area contributed by atoms with Gasteiger partial charge in [-0.15, -0.1) is 0 Å². The molecule has 0 amide bonds. The topological polar surface area (TPSA) is 4.93 Å². The summed E-state index contributed by atoms with van der Waals surface area (Å²) in [7, 11) is 0. The van der Waals surface area contributed by atoms with Crippen molar-refractivity contribution in [2.24, 2.45) is 5.92 Å². The van der Waals surface area contributed by atoms with E-state index in [0.29, 0.717) is 5.92 Å². The zero-order chi connectivity index (χ0) is 57.3. The fourth-order valence-electron chi connectivity index (χ4n) is 13.9. The number of hydrogen-bond donors (Lipinski definition) is 0. The van der Waals surface area contributed by atoms with Crippen molar-refractivity contribution in [2.75, 3.05) is 0 Å². The summed E-state index contributed by atoms with van der Waals surface area (Å²) in [6.45, 7) is 15.4. The van der Waals surface area contributed by atoms with Crippen LogP contribution in [0.4, 0.5) is 0 Å². The van der Waals surface area contributed by atoms with Gasteiger partial charge >= 0.3 is 0 Å². The molecule has 1 aromatic heterocycles. The fourth-order valence-corrected chi connectivity index (χ4v) is 13.9. The van der Waals surface area contributed by atoms with E-state index in [4.69, 9.17) is 0 Å². The summed E-state index contributed by atoms with van der Waals surface area (Å²) in [6, 6.07) is 71.0. The minimum Gasteiger partial charge on any atom is -0.336 e. The normalized spacial score (nSPS) is 15.7. The number of hydrogen-bond acceptors (Lipinski definition) is 0. The van der Waals surface area contributed by atoms with Crippen molar-refractivity contribution in [1.82, 2.24) is 4.57 Å². The van der Waals surface area contributed by atoms with Gasteiger partial charge in [0.2, 0.25) is 0 Å². The second-order valence-corrected chi connectivity index (χ2v) is 22.6. The molecule has 2 unspecified atom stereocenters. The molecule has 1 nitrogen and oxygen atoms in total. The molecule has 0 spiro atoms. The highest BCUT2D eigenvalue weighted by Gasteiger charge is 2.31. The van der Waals surface area contributed by atoms with Gasteiger partial charge in [0.15, 0.2) is 0 Å². The summed E-state index contributed by atoms with van der Waals surface area (Å²) < 4.78 is 2.53. The Morgan fingerprint density at radius 2 is 1.25 bits per heavy atom. The van der Waals surface area contributed by atoms with Crippen LogP contribution >= 0.6 is 0 Å². The van der Waals surface area contributed by atoms with Gasteiger partial charge < -0.3 is 4.57 Å². The van der Waals surface area contributed by atoms with E-state index in [2.05, 4.69) is 287 Å². The van der Waals surface area contributed by atoms with Crippen LogP contribution in [-0.4, -0.2) is 4.57 Å². The number of benzene rings is 10. The molecule has 0 saturated heterocycles. The third-order valence-corrected chi connectivity index (χ3v) is 17.8. The highest BCUT2D eigenvalue weighted by molar-refractivity contribution is 6.16. The molecule has 0 saturated carbocycles. The third kappa shape index (κ3) is 9.58. The van der Waals surface area contributed by atoms with E-state index in [-0.39, 0.29) is 5.92 Å².